The molecule has 1 aromatic carbocycles. The highest BCUT2D eigenvalue weighted by Crippen LogP contribution is 2.41. The van der Waals surface area contributed by atoms with Gasteiger partial charge in [-0.1, -0.05) is 12.1 Å². The molecule has 7 nitrogen and oxygen atoms in total. The summed E-state index contributed by atoms with van der Waals surface area (Å²) in [6.07, 6.45) is 1.52. The number of nitrogens with zero attached hydrogens (tertiary/aromatic N) is 7. The van der Waals surface area contributed by atoms with Crippen LogP contribution in [0.15, 0.2) is 36.8 Å². The van der Waals surface area contributed by atoms with Crippen LogP contribution in [-0.2, 0) is 13.0 Å². The number of nitriles is 1. The summed E-state index contributed by atoms with van der Waals surface area (Å²) < 4.78 is 39.3. The van der Waals surface area contributed by atoms with Gasteiger partial charge in [-0.3, -0.25) is 4.68 Å². The molecule has 2 aliphatic rings. The average Bonchev–Trinajstić information content (AvgIpc) is 3.50. The van der Waals surface area contributed by atoms with Crippen molar-refractivity contribution in [2.75, 3.05) is 37.6 Å². The van der Waals surface area contributed by atoms with E-state index in [1.54, 1.807) is 0 Å². The van der Waals surface area contributed by atoms with Gasteiger partial charge in [-0.05, 0) is 43.5 Å². The molecule has 2 aliphatic heterocycles. The highest BCUT2D eigenvalue weighted by Gasteiger charge is 2.44. The smallest absolute Gasteiger partial charge is 0.355 e. The highest BCUT2D eigenvalue weighted by molar-refractivity contribution is 5.86. The van der Waals surface area contributed by atoms with Crippen LogP contribution in [0.2, 0.25) is 0 Å². The molecule has 0 bridgehead atoms. The number of fused-ring (bicyclic) bond motifs is 1. The van der Waals surface area contributed by atoms with Gasteiger partial charge in [0.1, 0.15) is 18.7 Å². The lowest BCUT2D eigenvalue weighted by Gasteiger charge is -2.25. The van der Waals surface area contributed by atoms with Gasteiger partial charge >= 0.3 is 6.18 Å². The van der Waals surface area contributed by atoms with Crippen molar-refractivity contribution in [3.05, 3.63) is 47.9 Å². The van der Waals surface area contributed by atoms with Crippen LogP contribution in [-0.4, -0.2) is 63.5 Å². The molecule has 2 fully saturated rings. The van der Waals surface area contributed by atoms with E-state index in [0.717, 1.165) is 56.7 Å². The molecular weight excluding hydrogens is 431 g/mol. The predicted octanol–water partition coefficient (Wildman–Crippen LogP) is 3.41. The molecule has 1 spiro atoms. The van der Waals surface area contributed by atoms with Gasteiger partial charge in [0.25, 0.3) is 0 Å². The molecule has 2 saturated heterocycles. The van der Waals surface area contributed by atoms with Crippen molar-refractivity contribution in [2.45, 2.75) is 32.0 Å². The van der Waals surface area contributed by atoms with Gasteiger partial charge < -0.3 is 9.80 Å². The van der Waals surface area contributed by atoms with Crippen molar-refractivity contribution < 1.29 is 13.2 Å². The molecule has 172 valence electrons. The number of hydrogen-bond acceptors (Lipinski definition) is 6. The summed E-state index contributed by atoms with van der Waals surface area (Å²) in [7, 11) is 0. The molecule has 1 unspecified atom stereocenters. The van der Waals surface area contributed by atoms with Gasteiger partial charge in [0.15, 0.2) is 5.65 Å². The summed E-state index contributed by atoms with van der Waals surface area (Å²) >= 11 is 0. The van der Waals surface area contributed by atoms with Gasteiger partial charge in [0.2, 0.25) is 0 Å². The summed E-state index contributed by atoms with van der Waals surface area (Å²) in [4.78, 5) is 13.1. The van der Waals surface area contributed by atoms with E-state index in [9.17, 15) is 13.2 Å². The fourth-order valence-electron chi connectivity index (χ4n) is 5.09. The minimum absolute atomic E-state index is 0.171. The number of likely N-dealkylation sites (tertiary alicyclic amines) is 1. The van der Waals surface area contributed by atoms with Crippen LogP contribution in [0.3, 0.4) is 0 Å². The molecule has 33 heavy (non-hydrogen) atoms. The van der Waals surface area contributed by atoms with Gasteiger partial charge in [0.05, 0.1) is 17.0 Å². The third-order valence-corrected chi connectivity index (χ3v) is 6.74. The van der Waals surface area contributed by atoms with E-state index >= 15 is 0 Å². The first kappa shape index (κ1) is 21.6. The molecule has 0 saturated carbocycles. The third kappa shape index (κ3) is 4.64. The number of benzene rings is 1. The topological polar surface area (TPSA) is 73.9 Å². The van der Waals surface area contributed by atoms with Crippen LogP contribution in [0.5, 0.6) is 0 Å². The largest absolute Gasteiger partial charge is 0.408 e. The quantitative estimate of drug-likeness (QED) is 0.587. The second-order valence-corrected chi connectivity index (χ2v) is 9.13. The summed E-state index contributed by atoms with van der Waals surface area (Å²) in [6.45, 7) is 3.52. The Kier molecular flexibility index (Phi) is 5.44. The van der Waals surface area contributed by atoms with Crippen molar-refractivity contribution in [2.24, 2.45) is 5.41 Å². The van der Waals surface area contributed by atoms with Crippen LogP contribution in [0.1, 0.15) is 24.0 Å². The number of halogens is 3. The normalized spacial score (nSPS) is 21.3. The molecular formula is C23H24F3N7. The minimum Gasteiger partial charge on any atom is -0.355 e. The summed E-state index contributed by atoms with van der Waals surface area (Å²) in [5, 5.41) is 13.5. The number of hydrogen-bond donors (Lipinski definition) is 0. The van der Waals surface area contributed by atoms with Crippen molar-refractivity contribution in [1.29, 1.82) is 5.26 Å². The van der Waals surface area contributed by atoms with Crippen molar-refractivity contribution >= 4 is 16.9 Å². The monoisotopic (exact) mass is 455 g/mol. The van der Waals surface area contributed by atoms with E-state index in [0.29, 0.717) is 22.4 Å². The van der Waals surface area contributed by atoms with Crippen LogP contribution in [0.4, 0.5) is 19.0 Å². The Morgan fingerprint density at radius 1 is 1.06 bits per heavy atom. The van der Waals surface area contributed by atoms with E-state index in [1.165, 1.54) is 18.1 Å². The zero-order valence-electron chi connectivity index (χ0n) is 18.1. The van der Waals surface area contributed by atoms with Crippen LogP contribution in [0, 0.1) is 16.7 Å². The maximum absolute atomic E-state index is 12.8. The molecule has 4 heterocycles. The summed E-state index contributed by atoms with van der Waals surface area (Å²) in [5.74, 6) is 0.668. The molecule has 0 N–H and O–H groups in total. The SMILES string of the molecule is N#Cc1ccc(CCN2CCC3(CCN(c4ncnc5nn(CC(F)(F)F)cc45)C3)C2)cc1. The van der Waals surface area contributed by atoms with E-state index in [1.807, 2.05) is 24.3 Å². The maximum Gasteiger partial charge on any atom is 0.408 e. The molecule has 0 radical (unpaired) electrons. The van der Waals surface area contributed by atoms with Crippen LogP contribution in [0.25, 0.3) is 11.0 Å². The standard InChI is InChI=1S/C23H24F3N7/c24-23(25,26)15-33-12-19-20(30-33)28-16-29-21(19)32-10-7-22(14-32)6-9-31(13-22)8-5-17-1-3-18(11-27)4-2-17/h1-4,12,16H,5-10,13-15H2. The van der Waals surface area contributed by atoms with E-state index < -0.39 is 12.7 Å². The number of rotatable bonds is 5. The highest BCUT2D eigenvalue weighted by atomic mass is 19.4. The first-order valence-corrected chi connectivity index (χ1v) is 11.0. The fourth-order valence-corrected chi connectivity index (χ4v) is 5.09. The predicted molar refractivity (Wildman–Crippen MR) is 117 cm³/mol. The number of alkyl halides is 3. The Hall–Kier alpha value is -3.19. The molecule has 5 rings (SSSR count). The molecule has 2 aromatic heterocycles. The van der Waals surface area contributed by atoms with E-state index in [2.05, 4.69) is 30.9 Å². The second kappa shape index (κ2) is 8.30. The summed E-state index contributed by atoms with van der Waals surface area (Å²) in [5.41, 5.74) is 2.36. The van der Waals surface area contributed by atoms with Gasteiger partial charge in [-0.2, -0.15) is 23.5 Å². The minimum atomic E-state index is -4.33. The average molecular weight is 455 g/mol. The Morgan fingerprint density at radius 2 is 1.85 bits per heavy atom. The van der Waals surface area contributed by atoms with E-state index in [4.69, 9.17) is 5.26 Å². The molecule has 0 aliphatic carbocycles. The van der Waals surface area contributed by atoms with E-state index in [-0.39, 0.29) is 5.41 Å². The molecule has 10 heteroatoms. The van der Waals surface area contributed by atoms with Crippen LogP contribution >= 0.6 is 0 Å². The lowest BCUT2D eigenvalue weighted by atomic mass is 9.86. The Morgan fingerprint density at radius 3 is 2.61 bits per heavy atom. The van der Waals surface area contributed by atoms with Crippen molar-refractivity contribution in [3.8, 4) is 6.07 Å². The van der Waals surface area contributed by atoms with Crippen LogP contribution < -0.4 is 4.90 Å². The Labute approximate surface area is 189 Å². The van der Waals surface area contributed by atoms with Gasteiger partial charge in [-0.25, -0.2) is 9.97 Å². The second-order valence-electron chi connectivity index (χ2n) is 9.13. The first-order valence-electron chi connectivity index (χ1n) is 11.0. The zero-order valence-corrected chi connectivity index (χ0v) is 18.1. The lowest BCUT2D eigenvalue weighted by molar-refractivity contribution is -0.142. The number of aromatic nitrogens is 4. The van der Waals surface area contributed by atoms with Gasteiger partial charge in [-0.15, -0.1) is 0 Å². The van der Waals surface area contributed by atoms with Crippen molar-refractivity contribution in [1.82, 2.24) is 24.6 Å². The summed E-state index contributed by atoms with van der Waals surface area (Å²) in [6, 6.07) is 9.89. The fraction of sp³-hybridized carbons (Fsp3) is 0.478. The third-order valence-electron chi connectivity index (χ3n) is 6.74. The van der Waals surface area contributed by atoms with Gasteiger partial charge in [0, 0.05) is 37.8 Å². The molecule has 1 atom stereocenters. The first-order chi connectivity index (χ1) is 15.8. The lowest BCUT2D eigenvalue weighted by Crippen LogP contribution is -2.32. The zero-order chi connectivity index (χ0) is 23.1. The Balaban J connectivity index is 1.24. The maximum atomic E-state index is 12.8. The molecule has 0 amide bonds. The Bertz CT molecular complexity index is 1180. The molecule has 3 aromatic rings. The van der Waals surface area contributed by atoms with Crippen molar-refractivity contribution in [3.63, 3.8) is 0 Å². The number of anilines is 1.